The summed E-state index contributed by atoms with van der Waals surface area (Å²) >= 11 is 3.47. The quantitative estimate of drug-likeness (QED) is 0.495. The van der Waals surface area contributed by atoms with Gasteiger partial charge in [-0.1, -0.05) is 6.92 Å². The first-order valence-corrected chi connectivity index (χ1v) is 9.31. The molecule has 6 heteroatoms. The van der Waals surface area contributed by atoms with Gasteiger partial charge in [-0.15, -0.1) is 0 Å². The summed E-state index contributed by atoms with van der Waals surface area (Å²) < 4.78 is 12.0. The highest BCUT2D eigenvalue weighted by Gasteiger charge is 2.06. The zero-order valence-electron chi connectivity index (χ0n) is 15.2. The third kappa shape index (κ3) is 6.19. The van der Waals surface area contributed by atoms with Crippen molar-refractivity contribution in [3.63, 3.8) is 0 Å². The van der Waals surface area contributed by atoms with Crippen LogP contribution in [0.3, 0.4) is 0 Å². The lowest BCUT2D eigenvalue weighted by Gasteiger charge is -2.11. The molecule has 1 N–H and O–H groups in total. The maximum absolute atomic E-state index is 12.1. The minimum atomic E-state index is -0.276. The second-order valence-corrected chi connectivity index (χ2v) is 6.78. The highest BCUT2D eigenvalue weighted by molar-refractivity contribution is 9.10. The van der Waals surface area contributed by atoms with E-state index >= 15 is 0 Å². The molecule has 0 radical (unpaired) electrons. The molecule has 26 heavy (non-hydrogen) atoms. The number of hydrogen-bond acceptors (Lipinski definition) is 4. The molecule has 0 bridgehead atoms. The summed E-state index contributed by atoms with van der Waals surface area (Å²) in [5.74, 6) is 1.24. The van der Waals surface area contributed by atoms with Gasteiger partial charge in [0.25, 0.3) is 5.91 Å². The Balaban J connectivity index is 1.93. The molecule has 2 rings (SSSR count). The Morgan fingerprint density at radius 2 is 1.96 bits per heavy atom. The van der Waals surface area contributed by atoms with Crippen molar-refractivity contribution < 1.29 is 14.3 Å². The number of rotatable bonds is 8. The first kappa shape index (κ1) is 20.0. The van der Waals surface area contributed by atoms with Gasteiger partial charge in [-0.3, -0.25) is 4.79 Å². The zero-order chi connectivity index (χ0) is 18.9. The molecule has 0 saturated heterocycles. The van der Waals surface area contributed by atoms with Crippen LogP contribution in [0.1, 0.15) is 43.1 Å². The standard InChI is InChI=1S/C20H23BrN2O3/c1-4-11-25-17-8-6-16(7-9-17)20(24)23-22-13-15-5-10-19(18(21)12-15)26-14(2)3/h5-10,12-14H,4,11H2,1-3H3,(H,23,24)/b22-13+. The van der Waals surface area contributed by atoms with E-state index < -0.39 is 0 Å². The number of nitrogens with one attached hydrogen (secondary N) is 1. The van der Waals surface area contributed by atoms with Gasteiger partial charge in [0, 0.05) is 5.56 Å². The third-order valence-corrected chi connectivity index (χ3v) is 3.91. The first-order chi connectivity index (χ1) is 12.5. The minimum Gasteiger partial charge on any atom is -0.494 e. The molecule has 1 amide bonds. The molecular formula is C20H23BrN2O3. The van der Waals surface area contributed by atoms with Gasteiger partial charge < -0.3 is 9.47 Å². The molecule has 2 aromatic rings. The van der Waals surface area contributed by atoms with E-state index in [0.29, 0.717) is 12.2 Å². The van der Waals surface area contributed by atoms with Crippen molar-refractivity contribution in [2.45, 2.75) is 33.3 Å². The van der Waals surface area contributed by atoms with Gasteiger partial charge in [0.05, 0.1) is 23.4 Å². The number of hydrazone groups is 1. The Hall–Kier alpha value is -2.34. The van der Waals surface area contributed by atoms with E-state index in [-0.39, 0.29) is 12.0 Å². The van der Waals surface area contributed by atoms with Gasteiger partial charge in [0.2, 0.25) is 0 Å². The summed E-state index contributed by atoms with van der Waals surface area (Å²) in [6.07, 6.45) is 2.63. The van der Waals surface area contributed by atoms with Crippen LogP contribution in [0, 0.1) is 0 Å². The lowest BCUT2D eigenvalue weighted by molar-refractivity contribution is 0.0955. The van der Waals surface area contributed by atoms with Crippen molar-refractivity contribution in [3.8, 4) is 11.5 Å². The molecule has 0 aliphatic carbocycles. The van der Waals surface area contributed by atoms with E-state index in [0.717, 1.165) is 28.0 Å². The molecule has 0 spiro atoms. The number of amides is 1. The summed E-state index contributed by atoms with van der Waals surface area (Å²) in [6, 6.07) is 12.6. The van der Waals surface area contributed by atoms with Crippen LogP contribution in [0.2, 0.25) is 0 Å². The molecule has 0 saturated carbocycles. The Bertz CT molecular complexity index is 758. The van der Waals surface area contributed by atoms with Gasteiger partial charge in [-0.2, -0.15) is 5.10 Å². The summed E-state index contributed by atoms with van der Waals surface area (Å²) in [5, 5.41) is 4.00. The number of halogens is 1. The van der Waals surface area contributed by atoms with Crippen molar-refractivity contribution in [1.29, 1.82) is 0 Å². The topological polar surface area (TPSA) is 59.9 Å². The van der Waals surface area contributed by atoms with E-state index in [1.54, 1.807) is 30.5 Å². The number of benzene rings is 2. The highest BCUT2D eigenvalue weighted by atomic mass is 79.9. The molecule has 0 heterocycles. The van der Waals surface area contributed by atoms with Crippen molar-refractivity contribution in [3.05, 3.63) is 58.1 Å². The van der Waals surface area contributed by atoms with E-state index in [1.807, 2.05) is 39.0 Å². The number of nitrogens with zero attached hydrogens (tertiary/aromatic N) is 1. The fourth-order valence-electron chi connectivity index (χ4n) is 2.10. The van der Waals surface area contributed by atoms with Gasteiger partial charge >= 0.3 is 0 Å². The molecule has 2 aromatic carbocycles. The van der Waals surface area contributed by atoms with Crippen LogP contribution in [0.5, 0.6) is 11.5 Å². The molecular weight excluding hydrogens is 396 g/mol. The molecule has 0 atom stereocenters. The Kier molecular flexibility index (Phi) is 7.66. The fourth-order valence-corrected chi connectivity index (χ4v) is 2.59. The fraction of sp³-hybridized carbons (Fsp3) is 0.300. The van der Waals surface area contributed by atoms with E-state index in [9.17, 15) is 4.79 Å². The van der Waals surface area contributed by atoms with E-state index in [4.69, 9.17) is 9.47 Å². The smallest absolute Gasteiger partial charge is 0.271 e. The molecule has 0 unspecified atom stereocenters. The maximum atomic E-state index is 12.1. The Morgan fingerprint density at radius 1 is 1.23 bits per heavy atom. The number of ether oxygens (including phenoxy) is 2. The Labute approximate surface area is 162 Å². The van der Waals surface area contributed by atoms with Crippen LogP contribution < -0.4 is 14.9 Å². The number of hydrogen-bond donors (Lipinski definition) is 1. The van der Waals surface area contributed by atoms with Crippen LogP contribution in [0.25, 0.3) is 0 Å². The number of carbonyl (C=O) groups excluding carboxylic acids is 1. The maximum Gasteiger partial charge on any atom is 0.271 e. The molecule has 0 aliphatic heterocycles. The van der Waals surface area contributed by atoms with Crippen LogP contribution in [-0.4, -0.2) is 24.8 Å². The van der Waals surface area contributed by atoms with Crippen molar-refractivity contribution in [2.75, 3.05) is 6.61 Å². The lowest BCUT2D eigenvalue weighted by Crippen LogP contribution is -2.17. The zero-order valence-corrected chi connectivity index (χ0v) is 16.7. The normalized spacial score (nSPS) is 11.0. The first-order valence-electron chi connectivity index (χ1n) is 8.52. The second-order valence-electron chi connectivity index (χ2n) is 5.93. The average molecular weight is 419 g/mol. The van der Waals surface area contributed by atoms with Crippen molar-refractivity contribution >= 4 is 28.1 Å². The average Bonchev–Trinajstić information content (AvgIpc) is 2.62. The predicted octanol–water partition coefficient (Wildman–Crippen LogP) is 4.79. The second kappa shape index (κ2) is 9.97. The van der Waals surface area contributed by atoms with Crippen LogP contribution in [0.4, 0.5) is 0 Å². The predicted molar refractivity (Wildman–Crippen MR) is 107 cm³/mol. The molecule has 5 nitrogen and oxygen atoms in total. The van der Waals surface area contributed by atoms with Crippen LogP contribution in [-0.2, 0) is 0 Å². The number of carbonyl (C=O) groups is 1. The van der Waals surface area contributed by atoms with Crippen molar-refractivity contribution in [1.82, 2.24) is 5.43 Å². The van der Waals surface area contributed by atoms with Crippen LogP contribution in [0.15, 0.2) is 52.0 Å². The molecule has 138 valence electrons. The summed E-state index contributed by atoms with van der Waals surface area (Å²) in [7, 11) is 0. The largest absolute Gasteiger partial charge is 0.494 e. The SMILES string of the molecule is CCCOc1ccc(C(=O)N/N=C/c2ccc(OC(C)C)c(Br)c2)cc1. The van der Waals surface area contributed by atoms with Gasteiger partial charge in [0.1, 0.15) is 11.5 Å². The van der Waals surface area contributed by atoms with Gasteiger partial charge in [-0.25, -0.2) is 5.43 Å². The molecule has 0 fully saturated rings. The van der Waals surface area contributed by atoms with Gasteiger partial charge in [0.15, 0.2) is 0 Å². The highest BCUT2D eigenvalue weighted by Crippen LogP contribution is 2.26. The van der Waals surface area contributed by atoms with Gasteiger partial charge in [-0.05, 0) is 84.2 Å². The van der Waals surface area contributed by atoms with E-state index in [2.05, 4.69) is 26.5 Å². The van der Waals surface area contributed by atoms with Crippen molar-refractivity contribution in [2.24, 2.45) is 5.10 Å². The van der Waals surface area contributed by atoms with Crippen LogP contribution >= 0.6 is 15.9 Å². The van der Waals surface area contributed by atoms with E-state index in [1.165, 1.54) is 0 Å². The summed E-state index contributed by atoms with van der Waals surface area (Å²) in [5.41, 5.74) is 3.88. The lowest BCUT2D eigenvalue weighted by atomic mass is 10.2. The third-order valence-electron chi connectivity index (χ3n) is 3.29. The monoisotopic (exact) mass is 418 g/mol. The molecule has 0 aromatic heterocycles. The summed E-state index contributed by atoms with van der Waals surface area (Å²) in [6.45, 7) is 6.65. The molecule has 0 aliphatic rings. The summed E-state index contributed by atoms with van der Waals surface area (Å²) in [4.78, 5) is 12.1. The minimum absolute atomic E-state index is 0.101. The Morgan fingerprint density at radius 3 is 2.58 bits per heavy atom.